The van der Waals surface area contributed by atoms with Crippen molar-refractivity contribution in [3.63, 3.8) is 0 Å². The number of hydrogen-bond acceptors (Lipinski definition) is 4. The number of aromatic carboxylic acids is 1. The average Bonchev–Trinajstić information content (AvgIpc) is 2.48. The zero-order chi connectivity index (χ0) is 15.4. The monoisotopic (exact) mass is 305 g/mol. The van der Waals surface area contributed by atoms with Crippen LogP contribution in [0.5, 0.6) is 0 Å². The second-order valence-electron chi connectivity index (χ2n) is 4.21. The van der Waals surface area contributed by atoms with Crippen LogP contribution in [-0.2, 0) is 16.6 Å². The third kappa shape index (κ3) is 3.51. The fourth-order valence-corrected chi connectivity index (χ4v) is 2.94. The molecule has 0 unspecified atom stereocenters. The van der Waals surface area contributed by atoms with E-state index in [2.05, 4.69) is 0 Å². The highest BCUT2D eigenvalue weighted by Gasteiger charge is 2.19. The summed E-state index contributed by atoms with van der Waals surface area (Å²) in [4.78, 5) is 21.8. The molecule has 0 radical (unpaired) electrons. The molecule has 0 saturated carbocycles. The topological polar surface area (TPSA) is 97.5 Å². The fraction of sp³-hybridized carbons (Fsp3) is 0.0714. The van der Waals surface area contributed by atoms with Crippen LogP contribution in [-0.4, -0.2) is 20.2 Å². The van der Waals surface area contributed by atoms with Crippen LogP contribution in [0.25, 0.3) is 0 Å². The predicted octanol–water partition coefficient (Wildman–Crippen LogP) is 2.60. The minimum atomic E-state index is -1.43. The van der Waals surface area contributed by atoms with Gasteiger partial charge >= 0.3 is 5.97 Å². The fourth-order valence-electron chi connectivity index (χ4n) is 1.79. The third-order valence-corrected chi connectivity index (χ3v) is 4.19. The molecule has 1 atom stereocenters. The Morgan fingerprint density at radius 3 is 2.43 bits per heavy atom. The Kier molecular flexibility index (Phi) is 4.44. The Bertz CT molecular complexity index is 715. The molecule has 0 amide bonds. The molecule has 0 heterocycles. The molecule has 2 aromatic rings. The number of benzene rings is 2. The number of hydrogen-bond donors (Lipinski definition) is 1. The van der Waals surface area contributed by atoms with Crippen molar-refractivity contribution in [3.05, 3.63) is 69.8 Å². The maximum Gasteiger partial charge on any atom is 0.335 e. The van der Waals surface area contributed by atoms with Gasteiger partial charge in [-0.3, -0.25) is 14.3 Å². The first-order valence-electron chi connectivity index (χ1n) is 5.93. The van der Waals surface area contributed by atoms with E-state index in [-0.39, 0.29) is 22.6 Å². The highest BCUT2D eigenvalue weighted by Crippen LogP contribution is 2.23. The Labute approximate surface area is 122 Å². The van der Waals surface area contributed by atoms with Crippen LogP contribution < -0.4 is 0 Å². The van der Waals surface area contributed by atoms with Gasteiger partial charge in [0.2, 0.25) is 0 Å². The van der Waals surface area contributed by atoms with Gasteiger partial charge in [-0.15, -0.1) is 0 Å². The van der Waals surface area contributed by atoms with Crippen LogP contribution >= 0.6 is 0 Å². The van der Waals surface area contributed by atoms with Crippen molar-refractivity contribution >= 4 is 22.5 Å². The lowest BCUT2D eigenvalue weighted by Gasteiger charge is -2.05. The van der Waals surface area contributed by atoms with Gasteiger partial charge in [-0.05, 0) is 18.2 Å². The zero-order valence-corrected chi connectivity index (χ0v) is 11.6. The summed E-state index contributed by atoms with van der Waals surface area (Å²) in [7, 11) is -1.43. The van der Waals surface area contributed by atoms with E-state index in [0.717, 1.165) is 6.07 Å². The Morgan fingerprint density at radius 1 is 1.19 bits per heavy atom. The number of carboxylic acid groups (broad SMARTS) is 1. The van der Waals surface area contributed by atoms with Crippen LogP contribution in [0.1, 0.15) is 15.9 Å². The number of nitrogens with zero attached hydrogens (tertiary/aromatic N) is 1. The lowest BCUT2D eigenvalue weighted by molar-refractivity contribution is -0.385. The van der Waals surface area contributed by atoms with Gasteiger partial charge in [0.05, 0.1) is 27.0 Å². The summed E-state index contributed by atoms with van der Waals surface area (Å²) in [5.41, 5.74) is -0.262. The van der Waals surface area contributed by atoms with Gasteiger partial charge in [0.1, 0.15) is 0 Å². The number of nitro groups is 1. The highest BCUT2D eigenvalue weighted by molar-refractivity contribution is 7.84. The van der Waals surface area contributed by atoms with Crippen molar-refractivity contribution in [2.75, 3.05) is 0 Å². The molecule has 0 aliphatic heterocycles. The lowest BCUT2D eigenvalue weighted by Crippen LogP contribution is -2.04. The SMILES string of the molecule is O=C(O)c1ccc(C[S@@](=O)c2ccccc2)c([N+](=O)[O-])c1. The molecule has 1 N–H and O–H groups in total. The largest absolute Gasteiger partial charge is 0.478 e. The van der Waals surface area contributed by atoms with Crippen molar-refractivity contribution in [2.24, 2.45) is 0 Å². The second kappa shape index (κ2) is 6.27. The van der Waals surface area contributed by atoms with Gasteiger partial charge in [-0.25, -0.2) is 4.79 Å². The normalized spacial score (nSPS) is 11.8. The van der Waals surface area contributed by atoms with Gasteiger partial charge in [-0.1, -0.05) is 24.3 Å². The van der Waals surface area contributed by atoms with Gasteiger partial charge in [0.15, 0.2) is 0 Å². The molecule has 0 saturated heterocycles. The molecule has 2 aromatic carbocycles. The van der Waals surface area contributed by atoms with E-state index in [1.165, 1.54) is 12.1 Å². The summed E-state index contributed by atoms with van der Waals surface area (Å²) in [6, 6.07) is 12.2. The van der Waals surface area contributed by atoms with E-state index >= 15 is 0 Å². The number of rotatable bonds is 5. The molecule has 6 nitrogen and oxygen atoms in total. The second-order valence-corrected chi connectivity index (χ2v) is 5.66. The highest BCUT2D eigenvalue weighted by atomic mass is 32.2. The molecule has 21 heavy (non-hydrogen) atoms. The van der Waals surface area contributed by atoms with Gasteiger partial charge < -0.3 is 5.11 Å². The van der Waals surface area contributed by atoms with Crippen molar-refractivity contribution in [1.82, 2.24) is 0 Å². The molecule has 0 fully saturated rings. The summed E-state index contributed by atoms with van der Waals surface area (Å²) in [6.07, 6.45) is 0. The van der Waals surface area contributed by atoms with Crippen LogP contribution in [0.2, 0.25) is 0 Å². The van der Waals surface area contributed by atoms with Gasteiger partial charge in [-0.2, -0.15) is 0 Å². The Morgan fingerprint density at radius 2 is 1.86 bits per heavy atom. The summed E-state index contributed by atoms with van der Waals surface area (Å²) >= 11 is 0. The van der Waals surface area contributed by atoms with E-state index in [4.69, 9.17) is 5.11 Å². The summed E-state index contributed by atoms with van der Waals surface area (Å²) < 4.78 is 12.2. The Balaban J connectivity index is 2.34. The van der Waals surface area contributed by atoms with Crippen molar-refractivity contribution < 1.29 is 19.0 Å². The smallest absolute Gasteiger partial charge is 0.335 e. The molecule has 2 rings (SSSR count). The molecule has 108 valence electrons. The third-order valence-electron chi connectivity index (χ3n) is 2.82. The van der Waals surface area contributed by atoms with Crippen molar-refractivity contribution in [2.45, 2.75) is 10.6 Å². The van der Waals surface area contributed by atoms with Crippen LogP contribution in [0.4, 0.5) is 5.69 Å². The van der Waals surface area contributed by atoms with Gasteiger partial charge in [0, 0.05) is 16.5 Å². The summed E-state index contributed by atoms with van der Waals surface area (Å²) in [6.45, 7) is 0. The minimum absolute atomic E-state index is 0.0414. The van der Waals surface area contributed by atoms with E-state index in [1.54, 1.807) is 30.3 Å². The molecule has 0 bridgehead atoms. The molecular formula is C14H11NO5S. The molecule has 7 heteroatoms. The van der Waals surface area contributed by atoms with E-state index < -0.39 is 21.7 Å². The van der Waals surface area contributed by atoms with Crippen LogP contribution in [0.15, 0.2) is 53.4 Å². The minimum Gasteiger partial charge on any atom is -0.478 e. The van der Waals surface area contributed by atoms with E-state index in [0.29, 0.717) is 4.90 Å². The lowest BCUT2D eigenvalue weighted by atomic mass is 10.1. The first-order valence-corrected chi connectivity index (χ1v) is 7.25. The van der Waals surface area contributed by atoms with E-state index in [1.807, 2.05) is 0 Å². The van der Waals surface area contributed by atoms with Crippen LogP contribution in [0.3, 0.4) is 0 Å². The maximum atomic E-state index is 12.2. The summed E-state index contributed by atoms with van der Waals surface area (Å²) in [5, 5.41) is 19.9. The number of carboxylic acids is 1. The van der Waals surface area contributed by atoms with Crippen molar-refractivity contribution in [3.8, 4) is 0 Å². The molecule has 0 aromatic heterocycles. The standard InChI is InChI=1S/C14H11NO5S/c16-14(17)10-6-7-11(13(8-10)15(18)19)9-21(20)12-4-2-1-3-5-12/h1-8H,9H2,(H,16,17)/t21-/m1/s1. The van der Waals surface area contributed by atoms with Gasteiger partial charge in [0.25, 0.3) is 5.69 Å². The summed E-state index contributed by atoms with van der Waals surface area (Å²) in [5.74, 6) is -1.28. The molecule has 0 aliphatic carbocycles. The molecule has 0 spiro atoms. The quantitative estimate of drug-likeness (QED) is 0.676. The zero-order valence-electron chi connectivity index (χ0n) is 10.8. The van der Waals surface area contributed by atoms with E-state index in [9.17, 15) is 19.1 Å². The molecule has 0 aliphatic rings. The maximum absolute atomic E-state index is 12.2. The number of carbonyl (C=O) groups is 1. The molecular weight excluding hydrogens is 294 g/mol. The van der Waals surface area contributed by atoms with Crippen molar-refractivity contribution in [1.29, 1.82) is 0 Å². The average molecular weight is 305 g/mol. The van der Waals surface area contributed by atoms with Crippen LogP contribution in [0, 0.1) is 10.1 Å². The Hall–Kier alpha value is -2.54. The predicted molar refractivity (Wildman–Crippen MR) is 76.6 cm³/mol. The first-order chi connectivity index (χ1) is 9.99. The number of nitro benzene ring substituents is 1. The first kappa shape index (κ1) is 14.9.